The number of unbranched alkanes of at least 4 members (excludes halogenated alkanes) is 1. The van der Waals surface area contributed by atoms with Gasteiger partial charge in [0.05, 0.1) is 16.4 Å². The van der Waals surface area contributed by atoms with Gasteiger partial charge in [0.25, 0.3) is 0 Å². The molecule has 1 aromatic heterocycles. The molecule has 1 N–H and O–H groups in total. The van der Waals surface area contributed by atoms with Gasteiger partial charge in [-0.15, -0.1) is 0 Å². The number of aromatic nitrogens is 2. The number of imidazole rings is 1. The molecule has 0 saturated carbocycles. The molecule has 0 aliphatic rings. The number of anilines is 2. The molecule has 2 rings (SSSR count). The SMILES string of the molecule is CCCCn1cc(C)nc1Nc1c(F)cccc1Cl. The zero-order valence-corrected chi connectivity index (χ0v) is 11.8. The van der Waals surface area contributed by atoms with Gasteiger partial charge in [0.15, 0.2) is 0 Å². The Bertz CT molecular complexity index is 546. The van der Waals surface area contributed by atoms with E-state index >= 15 is 0 Å². The summed E-state index contributed by atoms with van der Waals surface area (Å²) in [6.07, 6.45) is 4.10. The molecule has 0 aliphatic carbocycles. The number of hydrogen-bond acceptors (Lipinski definition) is 2. The van der Waals surface area contributed by atoms with Crippen LogP contribution in [-0.2, 0) is 6.54 Å². The fourth-order valence-electron chi connectivity index (χ4n) is 1.87. The first-order chi connectivity index (χ1) is 9.11. The molecule has 1 heterocycles. The summed E-state index contributed by atoms with van der Waals surface area (Å²) in [6.45, 7) is 4.90. The Kier molecular flexibility index (Phi) is 4.43. The maximum Gasteiger partial charge on any atom is 0.207 e. The molecule has 5 heteroatoms. The summed E-state index contributed by atoms with van der Waals surface area (Å²) in [4.78, 5) is 4.37. The van der Waals surface area contributed by atoms with E-state index in [2.05, 4.69) is 17.2 Å². The molecule has 19 heavy (non-hydrogen) atoms. The van der Waals surface area contributed by atoms with Crippen molar-refractivity contribution in [1.82, 2.24) is 9.55 Å². The van der Waals surface area contributed by atoms with Crippen LogP contribution in [0.2, 0.25) is 5.02 Å². The average Bonchev–Trinajstić information content (AvgIpc) is 2.72. The van der Waals surface area contributed by atoms with Crippen molar-refractivity contribution >= 4 is 23.2 Å². The van der Waals surface area contributed by atoms with Gasteiger partial charge in [-0.3, -0.25) is 0 Å². The van der Waals surface area contributed by atoms with Crippen LogP contribution >= 0.6 is 11.6 Å². The third kappa shape index (κ3) is 3.26. The maximum atomic E-state index is 13.7. The lowest BCUT2D eigenvalue weighted by Gasteiger charge is -2.11. The van der Waals surface area contributed by atoms with Crippen LogP contribution < -0.4 is 5.32 Å². The summed E-state index contributed by atoms with van der Waals surface area (Å²) in [5, 5.41) is 3.33. The normalized spacial score (nSPS) is 10.7. The quantitative estimate of drug-likeness (QED) is 0.873. The molecular weight excluding hydrogens is 265 g/mol. The van der Waals surface area contributed by atoms with Gasteiger partial charge in [0.2, 0.25) is 5.95 Å². The largest absolute Gasteiger partial charge is 0.322 e. The Labute approximate surface area is 117 Å². The van der Waals surface area contributed by atoms with Gasteiger partial charge < -0.3 is 9.88 Å². The monoisotopic (exact) mass is 281 g/mol. The zero-order chi connectivity index (χ0) is 13.8. The van der Waals surface area contributed by atoms with E-state index in [0.717, 1.165) is 25.1 Å². The summed E-state index contributed by atoms with van der Waals surface area (Å²) < 4.78 is 15.7. The first-order valence-electron chi connectivity index (χ1n) is 6.36. The minimum absolute atomic E-state index is 0.271. The fraction of sp³-hybridized carbons (Fsp3) is 0.357. The highest BCUT2D eigenvalue weighted by Gasteiger charge is 2.11. The standard InChI is InChI=1S/C14H17ClFN3/c1-3-4-8-19-9-10(2)17-14(19)18-13-11(15)6-5-7-12(13)16/h5-7,9H,3-4,8H2,1-2H3,(H,17,18). The van der Waals surface area contributed by atoms with Crippen molar-refractivity contribution in [3.05, 3.63) is 40.9 Å². The molecule has 102 valence electrons. The molecule has 0 aliphatic heterocycles. The van der Waals surface area contributed by atoms with Crippen LogP contribution in [0.5, 0.6) is 0 Å². The predicted molar refractivity (Wildman–Crippen MR) is 76.6 cm³/mol. The summed E-state index contributed by atoms with van der Waals surface area (Å²) >= 11 is 6.00. The van der Waals surface area contributed by atoms with E-state index in [1.54, 1.807) is 12.1 Å². The van der Waals surface area contributed by atoms with Gasteiger partial charge in [-0.2, -0.15) is 0 Å². The van der Waals surface area contributed by atoms with Gasteiger partial charge in [-0.25, -0.2) is 9.37 Å². The first kappa shape index (κ1) is 13.9. The molecule has 2 aromatic rings. The minimum atomic E-state index is -0.379. The lowest BCUT2D eigenvalue weighted by atomic mass is 10.3. The Morgan fingerprint density at radius 2 is 2.21 bits per heavy atom. The molecular formula is C14H17ClFN3. The molecule has 0 spiro atoms. The highest BCUT2D eigenvalue weighted by atomic mass is 35.5. The van der Waals surface area contributed by atoms with Crippen LogP contribution in [0, 0.1) is 12.7 Å². The molecule has 0 atom stereocenters. The second-order valence-electron chi connectivity index (χ2n) is 4.47. The molecule has 3 nitrogen and oxygen atoms in total. The highest BCUT2D eigenvalue weighted by molar-refractivity contribution is 6.33. The van der Waals surface area contributed by atoms with Crippen molar-refractivity contribution < 1.29 is 4.39 Å². The number of benzene rings is 1. The summed E-state index contributed by atoms with van der Waals surface area (Å²) in [7, 11) is 0. The van der Waals surface area contributed by atoms with Crippen molar-refractivity contribution in [3.8, 4) is 0 Å². The summed E-state index contributed by atoms with van der Waals surface area (Å²) in [5.74, 6) is 0.244. The first-order valence-corrected chi connectivity index (χ1v) is 6.74. The molecule has 0 amide bonds. The third-order valence-electron chi connectivity index (χ3n) is 2.85. The van der Waals surface area contributed by atoms with E-state index in [-0.39, 0.29) is 11.5 Å². The summed E-state index contributed by atoms with van der Waals surface area (Å²) in [6, 6.07) is 4.61. The van der Waals surface area contributed by atoms with Crippen LogP contribution in [-0.4, -0.2) is 9.55 Å². The lowest BCUT2D eigenvalue weighted by molar-refractivity contribution is 0.626. The highest BCUT2D eigenvalue weighted by Crippen LogP contribution is 2.27. The predicted octanol–water partition coefficient (Wildman–Crippen LogP) is 4.53. The van der Waals surface area contributed by atoms with Gasteiger partial charge in [-0.05, 0) is 25.5 Å². The molecule has 1 aromatic carbocycles. The number of para-hydroxylation sites is 1. The van der Waals surface area contributed by atoms with Crippen molar-refractivity contribution in [2.24, 2.45) is 0 Å². The molecule has 0 bridgehead atoms. The van der Waals surface area contributed by atoms with E-state index < -0.39 is 0 Å². The van der Waals surface area contributed by atoms with Gasteiger partial charge in [0.1, 0.15) is 5.82 Å². The average molecular weight is 282 g/mol. The van der Waals surface area contributed by atoms with Crippen LogP contribution in [0.3, 0.4) is 0 Å². The van der Waals surface area contributed by atoms with Gasteiger partial charge in [-0.1, -0.05) is 31.0 Å². The lowest BCUT2D eigenvalue weighted by Crippen LogP contribution is -2.04. The fourth-order valence-corrected chi connectivity index (χ4v) is 2.08. The number of rotatable bonds is 5. The van der Waals surface area contributed by atoms with Crippen LogP contribution in [0.1, 0.15) is 25.5 Å². The van der Waals surface area contributed by atoms with Crippen molar-refractivity contribution in [2.75, 3.05) is 5.32 Å². The number of hydrogen-bond donors (Lipinski definition) is 1. The van der Waals surface area contributed by atoms with E-state index in [4.69, 9.17) is 11.6 Å². The molecule has 0 fully saturated rings. The molecule has 0 radical (unpaired) electrons. The Morgan fingerprint density at radius 3 is 2.89 bits per heavy atom. The number of nitrogens with zero attached hydrogens (tertiary/aromatic N) is 2. The van der Waals surface area contributed by atoms with Crippen LogP contribution in [0.4, 0.5) is 16.0 Å². The second kappa shape index (κ2) is 6.06. The van der Waals surface area contributed by atoms with E-state index in [9.17, 15) is 4.39 Å². The van der Waals surface area contributed by atoms with Crippen molar-refractivity contribution in [3.63, 3.8) is 0 Å². The number of nitrogens with one attached hydrogen (secondary N) is 1. The van der Waals surface area contributed by atoms with Crippen LogP contribution in [0.15, 0.2) is 24.4 Å². The summed E-state index contributed by atoms with van der Waals surface area (Å²) in [5.41, 5.74) is 1.17. The smallest absolute Gasteiger partial charge is 0.207 e. The third-order valence-corrected chi connectivity index (χ3v) is 3.16. The van der Waals surface area contributed by atoms with Gasteiger partial charge >= 0.3 is 0 Å². The van der Waals surface area contributed by atoms with E-state index in [1.165, 1.54) is 6.07 Å². The Morgan fingerprint density at radius 1 is 1.42 bits per heavy atom. The number of aryl methyl sites for hydroxylation is 2. The molecule has 0 unspecified atom stereocenters. The topological polar surface area (TPSA) is 29.9 Å². The number of halogens is 2. The van der Waals surface area contributed by atoms with Gasteiger partial charge in [0, 0.05) is 12.7 Å². The molecule has 0 saturated heterocycles. The van der Waals surface area contributed by atoms with E-state index in [1.807, 2.05) is 17.7 Å². The second-order valence-corrected chi connectivity index (χ2v) is 4.88. The van der Waals surface area contributed by atoms with Crippen molar-refractivity contribution in [1.29, 1.82) is 0 Å². The van der Waals surface area contributed by atoms with Crippen molar-refractivity contribution in [2.45, 2.75) is 33.2 Å². The Balaban J connectivity index is 2.27. The Hall–Kier alpha value is -1.55. The van der Waals surface area contributed by atoms with E-state index in [0.29, 0.717) is 11.0 Å². The van der Waals surface area contributed by atoms with Crippen LogP contribution in [0.25, 0.3) is 0 Å². The zero-order valence-electron chi connectivity index (χ0n) is 11.1. The minimum Gasteiger partial charge on any atom is -0.322 e. The maximum absolute atomic E-state index is 13.7.